The van der Waals surface area contributed by atoms with Gasteiger partial charge >= 0.3 is 0 Å². The van der Waals surface area contributed by atoms with Crippen molar-refractivity contribution in [3.8, 4) is 0 Å². The Morgan fingerprint density at radius 2 is 0.660 bits per heavy atom. The third-order valence-electron chi connectivity index (χ3n) is 19.8. The Morgan fingerprint density at radius 1 is 0.372 bits per heavy atom. The minimum absolute atomic E-state index is 0.249. The Hall–Kier alpha value is -1.47. The van der Waals surface area contributed by atoms with Crippen molar-refractivity contribution >= 4 is 5.91 Å². The Labute approximate surface area is 569 Å². The molecule has 1 amide bonds. The van der Waals surface area contributed by atoms with E-state index in [1.54, 1.807) is 6.08 Å². The fourth-order valence-corrected chi connectivity index (χ4v) is 13.5. The zero-order valence-electron chi connectivity index (χ0n) is 59.2. The van der Waals surface area contributed by atoms with E-state index in [4.69, 9.17) is 28.4 Å². The lowest BCUT2D eigenvalue weighted by Crippen LogP contribution is -2.66. The van der Waals surface area contributed by atoms with Crippen LogP contribution in [-0.4, -0.2) is 193 Å². The van der Waals surface area contributed by atoms with Gasteiger partial charge in [-0.1, -0.05) is 315 Å². The van der Waals surface area contributed by atoms with Gasteiger partial charge in [0.2, 0.25) is 5.91 Å². The lowest BCUT2D eigenvalue weighted by Gasteiger charge is -2.48. The Kier molecular flexibility index (Phi) is 52.8. The maximum Gasteiger partial charge on any atom is 0.220 e. The van der Waals surface area contributed by atoms with Crippen LogP contribution in [0.3, 0.4) is 0 Å². The van der Waals surface area contributed by atoms with Gasteiger partial charge in [-0.3, -0.25) is 4.79 Å². The van der Waals surface area contributed by atoms with Gasteiger partial charge in [0.1, 0.15) is 73.2 Å². The molecule has 3 heterocycles. The third kappa shape index (κ3) is 37.8. The molecule has 17 unspecified atom stereocenters. The van der Waals surface area contributed by atoms with Crippen molar-refractivity contribution in [2.45, 2.75) is 433 Å². The summed E-state index contributed by atoms with van der Waals surface area (Å²) in [7, 11) is 0. The molecule has 0 spiro atoms. The minimum Gasteiger partial charge on any atom is -0.394 e. The number of hydrogen-bond acceptors (Lipinski definition) is 18. The SMILES string of the molecule is CCCCCCCCCC/C=C/C(O)C(COC1OC(CO)C(OC2OC(CO)C(OC3OC(CO)C(O)C(O)C3O)C(O)C2O)C(O)C1O)NC(=O)CCCCCCCCCCCCCCCCCCCCCCCCCCCCCCCCCCCCCCCCC. The summed E-state index contributed by atoms with van der Waals surface area (Å²) in [6.07, 6.45) is 39.8. The van der Waals surface area contributed by atoms with Crippen LogP contribution < -0.4 is 5.32 Å². The van der Waals surface area contributed by atoms with Crippen molar-refractivity contribution in [2.75, 3.05) is 26.4 Å². The van der Waals surface area contributed by atoms with Crippen LogP contribution in [0.15, 0.2) is 12.2 Å². The number of hydrogen-bond donors (Lipinski definition) is 12. The van der Waals surface area contributed by atoms with Gasteiger partial charge in [-0.2, -0.15) is 0 Å². The molecule has 94 heavy (non-hydrogen) atoms. The lowest BCUT2D eigenvalue weighted by atomic mass is 9.96. The molecule has 3 saturated heterocycles. The van der Waals surface area contributed by atoms with Gasteiger partial charge in [-0.15, -0.1) is 0 Å². The predicted octanol–water partition coefficient (Wildman–Crippen LogP) is 12.0. The van der Waals surface area contributed by atoms with Crippen molar-refractivity contribution in [3.63, 3.8) is 0 Å². The maximum absolute atomic E-state index is 13.4. The Bertz CT molecular complexity index is 1750. The number of aliphatic hydroxyl groups is 11. The van der Waals surface area contributed by atoms with Gasteiger partial charge in [0, 0.05) is 6.42 Å². The number of nitrogens with one attached hydrogen (secondary N) is 1. The zero-order valence-corrected chi connectivity index (χ0v) is 59.2. The second-order valence-electron chi connectivity index (χ2n) is 28.2. The molecule has 3 aliphatic rings. The minimum atomic E-state index is -1.98. The molecule has 0 aromatic heterocycles. The van der Waals surface area contributed by atoms with Crippen molar-refractivity contribution in [2.24, 2.45) is 0 Å². The summed E-state index contributed by atoms with van der Waals surface area (Å²) in [5.74, 6) is -0.271. The van der Waals surface area contributed by atoms with E-state index in [-0.39, 0.29) is 18.9 Å². The van der Waals surface area contributed by atoms with Crippen LogP contribution in [0.4, 0.5) is 0 Å². The summed E-state index contributed by atoms with van der Waals surface area (Å²) in [5, 5.41) is 120. The first-order valence-electron chi connectivity index (χ1n) is 38.9. The Balaban J connectivity index is 1.25. The van der Waals surface area contributed by atoms with E-state index >= 15 is 0 Å². The fraction of sp³-hybridized carbons (Fsp3) is 0.960. The molecular formula is C75H143NO18. The molecule has 0 aliphatic carbocycles. The van der Waals surface area contributed by atoms with E-state index in [1.165, 1.54) is 257 Å². The van der Waals surface area contributed by atoms with Crippen LogP contribution in [-0.2, 0) is 33.2 Å². The monoisotopic (exact) mass is 1350 g/mol. The maximum atomic E-state index is 13.4. The number of rotatable bonds is 62. The predicted molar refractivity (Wildman–Crippen MR) is 370 cm³/mol. The number of ether oxygens (including phenoxy) is 6. The summed E-state index contributed by atoms with van der Waals surface area (Å²) < 4.78 is 34.3. The smallest absolute Gasteiger partial charge is 0.220 e. The van der Waals surface area contributed by atoms with E-state index in [2.05, 4.69) is 19.2 Å². The van der Waals surface area contributed by atoms with Gasteiger partial charge in [0.25, 0.3) is 0 Å². The van der Waals surface area contributed by atoms with Gasteiger partial charge in [0.15, 0.2) is 18.9 Å². The van der Waals surface area contributed by atoms with Crippen molar-refractivity contribution in [3.05, 3.63) is 12.2 Å². The van der Waals surface area contributed by atoms with Crippen LogP contribution in [0.1, 0.15) is 328 Å². The van der Waals surface area contributed by atoms with Crippen LogP contribution in [0, 0.1) is 0 Å². The van der Waals surface area contributed by atoms with Crippen LogP contribution >= 0.6 is 0 Å². The summed E-state index contributed by atoms with van der Waals surface area (Å²) in [5.41, 5.74) is 0. The second kappa shape index (κ2) is 57.2. The van der Waals surface area contributed by atoms with E-state index in [0.717, 1.165) is 44.9 Å². The molecule has 0 aromatic carbocycles. The van der Waals surface area contributed by atoms with Gasteiger partial charge in [0.05, 0.1) is 38.6 Å². The van der Waals surface area contributed by atoms with E-state index in [0.29, 0.717) is 6.42 Å². The first kappa shape index (κ1) is 86.8. The third-order valence-corrected chi connectivity index (χ3v) is 19.8. The normalized spacial score (nSPS) is 27.4. The van der Waals surface area contributed by atoms with Gasteiger partial charge < -0.3 is 89.9 Å². The van der Waals surface area contributed by atoms with Crippen LogP contribution in [0.25, 0.3) is 0 Å². The molecule has 12 N–H and O–H groups in total. The second-order valence-corrected chi connectivity index (χ2v) is 28.2. The molecule has 3 rings (SSSR count). The largest absolute Gasteiger partial charge is 0.394 e. The molecule has 0 bridgehead atoms. The summed E-state index contributed by atoms with van der Waals surface area (Å²) in [6, 6.07) is -0.967. The van der Waals surface area contributed by atoms with Crippen molar-refractivity contribution < 1.29 is 89.4 Å². The highest BCUT2D eigenvalue weighted by Crippen LogP contribution is 2.33. The number of allylic oxidation sites excluding steroid dienone is 1. The lowest BCUT2D eigenvalue weighted by molar-refractivity contribution is -0.379. The molecule has 3 fully saturated rings. The molecule has 3 aliphatic heterocycles. The molecule has 19 heteroatoms. The number of carbonyl (C=O) groups excluding carboxylic acids is 1. The first-order valence-corrected chi connectivity index (χ1v) is 38.9. The molecular weight excluding hydrogens is 1200 g/mol. The number of amides is 1. The van der Waals surface area contributed by atoms with E-state index < -0.39 is 124 Å². The summed E-state index contributed by atoms with van der Waals surface area (Å²) in [6.45, 7) is 1.74. The topological polar surface area (TPSA) is 307 Å². The number of aliphatic hydroxyl groups excluding tert-OH is 11. The highest BCUT2D eigenvalue weighted by Gasteiger charge is 2.53. The average Bonchev–Trinajstić information content (AvgIpc) is 0.787. The molecule has 0 radical (unpaired) electrons. The van der Waals surface area contributed by atoms with Crippen LogP contribution in [0.2, 0.25) is 0 Å². The highest BCUT2D eigenvalue weighted by molar-refractivity contribution is 5.76. The molecule has 0 aromatic rings. The van der Waals surface area contributed by atoms with E-state index in [9.17, 15) is 61.0 Å². The van der Waals surface area contributed by atoms with Crippen molar-refractivity contribution in [1.29, 1.82) is 0 Å². The van der Waals surface area contributed by atoms with Gasteiger partial charge in [-0.05, 0) is 19.3 Å². The molecule has 0 saturated carbocycles. The number of unbranched alkanes of at least 4 members (excludes halogenated alkanes) is 46. The highest BCUT2D eigenvalue weighted by atomic mass is 16.8. The first-order chi connectivity index (χ1) is 45.8. The molecule has 19 nitrogen and oxygen atoms in total. The quantitative estimate of drug-likeness (QED) is 0.0199. The fourth-order valence-electron chi connectivity index (χ4n) is 13.5. The Morgan fingerprint density at radius 3 is 1.00 bits per heavy atom. The average molecular weight is 1350 g/mol. The summed E-state index contributed by atoms with van der Waals surface area (Å²) in [4.78, 5) is 13.4. The van der Waals surface area contributed by atoms with Crippen LogP contribution in [0.5, 0.6) is 0 Å². The molecule has 556 valence electrons. The van der Waals surface area contributed by atoms with E-state index in [1.807, 2.05) is 6.08 Å². The standard InChI is InChI=1S/C75H143NO18/c1-3-5-7-9-11-13-15-16-17-18-19-20-21-22-23-24-25-26-27-28-29-30-31-32-33-34-35-36-37-38-39-40-41-42-43-45-47-49-51-53-63(81)76-58(59(80)52-50-48-46-44-14-12-10-8-6-4-2)57-89-73-69(87)66(84)71(61(55-78)91-73)94-75-70(88)67(85)72(62(56-79)92-75)93-74-68(86)65(83)64(82)60(54-77)90-74/h50,52,58-62,64-75,77-80,82-88H,3-49,51,53-57H2,1-2H3,(H,76,81)/b52-50+. The number of carbonyl (C=O) groups is 1. The van der Waals surface area contributed by atoms with Gasteiger partial charge in [-0.25, -0.2) is 0 Å². The zero-order chi connectivity index (χ0) is 68.2. The molecule has 17 atom stereocenters. The summed E-state index contributed by atoms with van der Waals surface area (Å²) >= 11 is 0. The van der Waals surface area contributed by atoms with Crippen molar-refractivity contribution in [1.82, 2.24) is 5.32 Å².